The number of anilines is 1. The summed E-state index contributed by atoms with van der Waals surface area (Å²) in [7, 11) is -4.06. The molecule has 2 N–H and O–H groups in total. The standard InChI is InChI=1S/C18H17ClF2N4O4S/c1-18(8-29-9-18)24-30(27,28)15-12-3-2-6-25(12)14(13(15)19)17(26)23-10-4-5-22-11(7-10)16(20)21/h2-5,7,16,24H,6,8-9H2,1H3,(H,22,23,26). The Labute approximate surface area is 175 Å². The van der Waals surface area contributed by atoms with E-state index in [1.807, 2.05) is 0 Å². The lowest BCUT2D eigenvalue weighted by molar-refractivity contribution is -0.0523. The number of hydrogen-bond donors (Lipinski definition) is 2. The number of sulfonamides is 1. The average molecular weight is 459 g/mol. The van der Waals surface area contributed by atoms with Gasteiger partial charge in [-0.25, -0.2) is 21.9 Å². The van der Waals surface area contributed by atoms with Gasteiger partial charge in [0.2, 0.25) is 10.0 Å². The van der Waals surface area contributed by atoms with E-state index in [0.29, 0.717) is 0 Å². The third-order valence-electron chi connectivity index (χ3n) is 4.73. The zero-order valence-corrected chi connectivity index (χ0v) is 17.2. The highest BCUT2D eigenvalue weighted by molar-refractivity contribution is 7.89. The smallest absolute Gasteiger partial charge is 0.280 e. The number of allylic oxidation sites excluding steroid dienone is 1. The minimum atomic E-state index is -4.06. The van der Waals surface area contributed by atoms with Crippen LogP contribution in [0.15, 0.2) is 29.3 Å². The lowest BCUT2D eigenvalue weighted by Gasteiger charge is -2.38. The number of amides is 1. The van der Waals surface area contributed by atoms with Crippen molar-refractivity contribution < 1.29 is 26.7 Å². The van der Waals surface area contributed by atoms with E-state index < -0.39 is 33.6 Å². The van der Waals surface area contributed by atoms with E-state index in [1.54, 1.807) is 19.1 Å². The van der Waals surface area contributed by atoms with Gasteiger partial charge in [0, 0.05) is 18.4 Å². The molecule has 30 heavy (non-hydrogen) atoms. The Hall–Kier alpha value is -2.34. The highest BCUT2D eigenvalue weighted by Crippen LogP contribution is 2.37. The van der Waals surface area contributed by atoms with E-state index in [1.165, 1.54) is 10.6 Å². The first-order valence-electron chi connectivity index (χ1n) is 8.87. The molecule has 0 bridgehead atoms. The second kappa shape index (κ2) is 7.41. The van der Waals surface area contributed by atoms with Crippen molar-refractivity contribution >= 4 is 39.3 Å². The van der Waals surface area contributed by atoms with Gasteiger partial charge >= 0.3 is 0 Å². The molecular formula is C18H17ClF2N4O4S. The SMILES string of the molecule is CC1(NS(=O)(=O)c2c(Cl)c(C(=O)Nc3ccnc(C(F)F)c3)n3c2C=CC3)COC1. The number of ether oxygens (including phenoxy) is 1. The zero-order chi connectivity index (χ0) is 21.7. The summed E-state index contributed by atoms with van der Waals surface area (Å²) in [6, 6.07) is 2.39. The van der Waals surface area contributed by atoms with Crippen molar-refractivity contribution in [2.45, 2.75) is 30.3 Å². The molecule has 0 aromatic carbocycles. The molecule has 2 aliphatic heterocycles. The van der Waals surface area contributed by atoms with Crippen LogP contribution in [0.5, 0.6) is 0 Å². The second-order valence-corrected chi connectivity index (χ2v) is 9.27. The molecule has 0 saturated carbocycles. The van der Waals surface area contributed by atoms with Crippen LogP contribution in [-0.2, 0) is 21.3 Å². The average Bonchev–Trinajstić information content (AvgIpc) is 3.19. The number of carbonyl (C=O) groups is 1. The molecule has 0 atom stereocenters. The first kappa shape index (κ1) is 20.9. The summed E-state index contributed by atoms with van der Waals surface area (Å²) in [5, 5.41) is 2.23. The molecule has 160 valence electrons. The van der Waals surface area contributed by atoms with Gasteiger partial charge in [-0.15, -0.1) is 0 Å². The highest BCUT2D eigenvalue weighted by Gasteiger charge is 2.41. The number of nitrogens with zero attached hydrogens (tertiary/aromatic N) is 2. The molecule has 0 radical (unpaired) electrons. The van der Waals surface area contributed by atoms with Crippen molar-refractivity contribution in [1.29, 1.82) is 0 Å². The van der Waals surface area contributed by atoms with Crippen LogP contribution in [0, 0.1) is 0 Å². The van der Waals surface area contributed by atoms with Crippen molar-refractivity contribution in [3.63, 3.8) is 0 Å². The van der Waals surface area contributed by atoms with Crippen LogP contribution < -0.4 is 10.0 Å². The number of aromatic nitrogens is 2. The van der Waals surface area contributed by atoms with Crippen LogP contribution >= 0.6 is 11.6 Å². The van der Waals surface area contributed by atoms with Crippen LogP contribution in [0.1, 0.15) is 35.2 Å². The predicted molar refractivity (Wildman–Crippen MR) is 105 cm³/mol. The first-order valence-corrected chi connectivity index (χ1v) is 10.7. The number of nitrogens with one attached hydrogen (secondary N) is 2. The monoisotopic (exact) mass is 458 g/mol. The van der Waals surface area contributed by atoms with E-state index in [-0.39, 0.29) is 46.8 Å². The second-order valence-electron chi connectivity index (χ2n) is 7.27. The number of rotatable bonds is 6. The van der Waals surface area contributed by atoms with Gasteiger partial charge in [-0.3, -0.25) is 9.78 Å². The van der Waals surface area contributed by atoms with Gasteiger partial charge < -0.3 is 14.6 Å². The summed E-state index contributed by atoms with van der Waals surface area (Å²) in [6.45, 7) is 2.38. The normalized spacial score (nSPS) is 17.1. The third kappa shape index (κ3) is 3.62. The van der Waals surface area contributed by atoms with Gasteiger partial charge in [-0.05, 0) is 25.1 Å². The molecule has 2 aromatic rings. The van der Waals surface area contributed by atoms with E-state index in [9.17, 15) is 22.0 Å². The van der Waals surface area contributed by atoms with Crippen molar-refractivity contribution in [2.75, 3.05) is 18.5 Å². The van der Waals surface area contributed by atoms with Gasteiger partial charge in [0.25, 0.3) is 12.3 Å². The summed E-state index contributed by atoms with van der Waals surface area (Å²) >= 11 is 6.37. The van der Waals surface area contributed by atoms with Gasteiger partial charge in [-0.2, -0.15) is 0 Å². The van der Waals surface area contributed by atoms with Crippen LogP contribution in [0.2, 0.25) is 5.02 Å². The highest BCUT2D eigenvalue weighted by atomic mass is 35.5. The summed E-state index contributed by atoms with van der Waals surface area (Å²) in [5.74, 6) is -0.726. The van der Waals surface area contributed by atoms with Crippen LogP contribution in [0.3, 0.4) is 0 Å². The Kier molecular flexibility index (Phi) is 5.17. The molecule has 0 unspecified atom stereocenters. The number of hydrogen-bond acceptors (Lipinski definition) is 5. The molecule has 1 fully saturated rings. The molecule has 12 heteroatoms. The zero-order valence-electron chi connectivity index (χ0n) is 15.7. The van der Waals surface area contributed by atoms with Crippen molar-refractivity contribution in [2.24, 2.45) is 0 Å². The van der Waals surface area contributed by atoms with E-state index >= 15 is 0 Å². The molecule has 4 rings (SSSR count). The fourth-order valence-electron chi connectivity index (χ4n) is 3.36. The van der Waals surface area contributed by atoms with E-state index in [2.05, 4.69) is 15.0 Å². The van der Waals surface area contributed by atoms with E-state index in [4.69, 9.17) is 16.3 Å². The van der Waals surface area contributed by atoms with Crippen molar-refractivity contribution in [3.8, 4) is 0 Å². The molecule has 8 nitrogen and oxygen atoms in total. The maximum Gasteiger partial charge on any atom is 0.280 e. The third-order valence-corrected chi connectivity index (χ3v) is 6.92. The van der Waals surface area contributed by atoms with Crippen molar-refractivity contribution in [3.05, 3.63) is 46.5 Å². The van der Waals surface area contributed by atoms with Gasteiger partial charge in [0.1, 0.15) is 16.3 Å². The molecule has 1 amide bonds. The Morgan fingerprint density at radius 1 is 1.40 bits per heavy atom. The molecule has 2 aromatic heterocycles. The van der Waals surface area contributed by atoms with Crippen LogP contribution in [0.4, 0.5) is 14.5 Å². The van der Waals surface area contributed by atoms with E-state index in [0.717, 1.165) is 12.3 Å². The minimum absolute atomic E-state index is 0.0811. The maximum atomic E-state index is 13.0. The summed E-state index contributed by atoms with van der Waals surface area (Å²) in [6.07, 6.45) is 1.60. The maximum absolute atomic E-state index is 13.0. The quantitative estimate of drug-likeness (QED) is 0.693. The predicted octanol–water partition coefficient (Wildman–Crippen LogP) is 2.82. The number of fused-ring (bicyclic) bond motifs is 1. The fourth-order valence-corrected chi connectivity index (χ4v) is 5.61. The molecular weight excluding hydrogens is 442 g/mol. The topological polar surface area (TPSA) is 102 Å². The Morgan fingerprint density at radius 3 is 2.77 bits per heavy atom. The summed E-state index contributed by atoms with van der Waals surface area (Å²) in [4.78, 5) is 16.2. The van der Waals surface area contributed by atoms with Gasteiger partial charge in [-0.1, -0.05) is 17.7 Å². The Morgan fingerprint density at radius 2 is 2.13 bits per heavy atom. The number of carbonyl (C=O) groups excluding carboxylic acids is 1. The Bertz CT molecular complexity index is 1160. The minimum Gasteiger partial charge on any atom is -0.377 e. The number of pyridine rings is 1. The molecule has 1 saturated heterocycles. The molecule has 0 aliphatic carbocycles. The lowest BCUT2D eigenvalue weighted by atomic mass is 10.0. The van der Waals surface area contributed by atoms with Gasteiger partial charge in [0.05, 0.1) is 29.5 Å². The fraction of sp³-hybridized carbons (Fsp3) is 0.333. The number of halogens is 3. The first-order chi connectivity index (χ1) is 14.1. The Balaban J connectivity index is 1.69. The lowest BCUT2D eigenvalue weighted by Crippen LogP contribution is -2.59. The largest absolute Gasteiger partial charge is 0.377 e. The molecule has 2 aliphatic rings. The van der Waals surface area contributed by atoms with Gasteiger partial charge in [0.15, 0.2) is 0 Å². The van der Waals surface area contributed by atoms with Crippen LogP contribution in [-0.4, -0.2) is 42.6 Å². The molecule has 4 heterocycles. The van der Waals surface area contributed by atoms with Crippen LogP contribution in [0.25, 0.3) is 6.08 Å². The summed E-state index contributed by atoms with van der Waals surface area (Å²) in [5.41, 5.74) is -0.981. The summed E-state index contributed by atoms with van der Waals surface area (Å²) < 4.78 is 60.9. The van der Waals surface area contributed by atoms with Crippen molar-refractivity contribution in [1.82, 2.24) is 14.3 Å². The number of alkyl halides is 2. The molecule has 0 spiro atoms.